The Morgan fingerprint density at radius 1 is 1.41 bits per heavy atom. The number of hydrogen-bond donors (Lipinski definition) is 1. The van der Waals surface area contributed by atoms with Gasteiger partial charge in [-0.2, -0.15) is 0 Å². The molecule has 4 heteroatoms. The van der Waals surface area contributed by atoms with Crippen molar-refractivity contribution in [3.05, 3.63) is 18.7 Å². The lowest BCUT2D eigenvalue weighted by Crippen LogP contribution is -2.44. The number of fused-ring (bicyclic) bond motifs is 1. The Bertz CT molecular complexity index is 348. The smallest absolute Gasteiger partial charge is 0.0946 e. The molecule has 0 amide bonds. The van der Waals surface area contributed by atoms with Crippen molar-refractivity contribution in [2.24, 2.45) is 0 Å². The van der Waals surface area contributed by atoms with E-state index in [4.69, 9.17) is 0 Å². The first-order valence-corrected chi connectivity index (χ1v) is 6.79. The second kappa shape index (κ2) is 4.78. The molecular weight excluding hydrogens is 212 g/mol. The largest absolute Gasteiger partial charge is 0.336 e. The molecule has 0 aromatic carbocycles. The van der Waals surface area contributed by atoms with E-state index in [0.29, 0.717) is 12.1 Å². The molecule has 94 valence electrons. The van der Waals surface area contributed by atoms with Crippen LogP contribution in [0, 0.1) is 0 Å². The van der Waals surface area contributed by atoms with Gasteiger partial charge in [0.25, 0.3) is 0 Å². The zero-order valence-electron chi connectivity index (χ0n) is 10.5. The SMILES string of the molecule is CC(Cn1ccnc1)NC1CCN2CCCC12. The van der Waals surface area contributed by atoms with Crippen LogP contribution in [0.5, 0.6) is 0 Å². The summed E-state index contributed by atoms with van der Waals surface area (Å²) < 4.78 is 2.15. The van der Waals surface area contributed by atoms with E-state index in [-0.39, 0.29) is 0 Å². The number of aromatic nitrogens is 2. The van der Waals surface area contributed by atoms with Crippen molar-refractivity contribution < 1.29 is 0 Å². The minimum atomic E-state index is 0.523. The molecule has 2 saturated heterocycles. The van der Waals surface area contributed by atoms with Crippen LogP contribution in [0.2, 0.25) is 0 Å². The monoisotopic (exact) mass is 234 g/mol. The molecule has 0 radical (unpaired) electrons. The standard InChI is InChI=1S/C13H22N4/c1-11(9-16-8-5-14-10-16)15-12-4-7-17-6-2-3-13(12)17/h5,8,10-13,15H,2-4,6-7,9H2,1H3. The first-order chi connectivity index (χ1) is 8.33. The highest BCUT2D eigenvalue weighted by Gasteiger charge is 2.37. The van der Waals surface area contributed by atoms with Gasteiger partial charge in [0.05, 0.1) is 6.33 Å². The van der Waals surface area contributed by atoms with Gasteiger partial charge in [-0.05, 0) is 32.7 Å². The Hall–Kier alpha value is -0.870. The molecule has 17 heavy (non-hydrogen) atoms. The molecular formula is C13H22N4. The van der Waals surface area contributed by atoms with E-state index in [2.05, 4.69) is 26.7 Å². The quantitative estimate of drug-likeness (QED) is 0.847. The lowest BCUT2D eigenvalue weighted by atomic mass is 10.1. The van der Waals surface area contributed by atoms with Crippen LogP contribution in [0.1, 0.15) is 26.2 Å². The number of nitrogens with one attached hydrogen (secondary N) is 1. The first kappa shape index (κ1) is 11.2. The van der Waals surface area contributed by atoms with Crippen LogP contribution in [0.15, 0.2) is 18.7 Å². The Morgan fingerprint density at radius 2 is 2.35 bits per heavy atom. The summed E-state index contributed by atoms with van der Waals surface area (Å²) >= 11 is 0. The lowest BCUT2D eigenvalue weighted by molar-refractivity contribution is 0.286. The number of imidazole rings is 1. The molecule has 0 spiro atoms. The van der Waals surface area contributed by atoms with E-state index in [1.165, 1.54) is 32.4 Å². The molecule has 1 aromatic rings. The van der Waals surface area contributed by atoms with Crippen molar-refractivity contribution in [2.75, 3.05) is 13.1 Å². The van der Waals surface area contributed by atoms with Gasteiger partial charge < -0.3 is 9.88 Å². The van der Waals surface area contributed by atoms with E-state index >= 15 is 0 Å². The van der Waals surface area contributed by atoms with Crippen LogP contribution in [-0.2, 0) is 6.54 Å². The van der Waals surface area contributed by atoms with E-state index < -0.39 is 0 Å². The average molecular weight is 234 g/mol. The number of rotatable bonds is 4. The van der Waals surface area contributed by atoms with Crippen LogP contribution < -0.4 is 5.32 Å². The Balaban J connectivity index is 1.53. The highest BCUT2D eigenvalue weighted by Crippen LogP contribution is 2.28. The van der Waals surface area contributed by atoms with Crippen LogP contribution in [-0.4, -0.2) is 45.7 Å². The Kier molecular flexibility index (Phi) is 3.16. The normalized spacial score (nSPS) is 30.6. The van der Waals surface area contributed by atoms with Crippen molar-refractivity contribution in [3.63, 3.8) is 0 Å². The molecule has 1 N–H and O–H groups in total. The fourth-order valence-corrected chi connectivity index (χ4v) is 3.41. The van der Waals surface area contributed by atoms with Gasteiger partial charge in [-0.3, -0.25) is 4.90 Å². The summed E-state index contributed by atoms with van der Waals surface area (Å²) in [5.41, 5.74) is 0. The summed E-state index contributed by atoms with van der Waals surface area (Å²) in [4.78, 5) is 6.74. The summed E-state index contributed by atoms with van der Waals surface area (Å²) in [5.74, 6) is 0. The van der Waals surface area contributed by atoms with E-state index in [0.717, 1.165) is 12.6 Å². The van der Waals surface area contributed by atoms with Gasteiger partial charge in [0.2, 0.25) is 0 Å². The van der Waals surface area contributed by atoms with Gasteiger partial charge in [0.1, 0.15) is 0 Å². The zero-order chi connectivity index (χ0) is 11.7. The summed E-state index contributed by atoms with van der Waals surface area (Å²) in [5, 5.41) is 3.80. The van der Waals surface area contributed by atoms with Gasteiger partial charge in [0.15, 0.2) is 0 Å². The maximum atomic E-state index is 4.09. The number of nitrogens with zero attached hydrogens (tertiary/aromatic N) is 3. The second-order valence-electron chi connectivity index (χ2n) is 5.47. The Morgan fingerprint density at radius 3 is 3.18 bits per heavy atom. The van der Waals surface area contributed by atoms with Crippen molar-refractivity contribution in [1.29, 1.82) is 0 Å². The second-order valence-corrected chi connectivity index (χ2v) is 5.47. The third kappa shape index (κ3) is 2.38. The van der Waals surface area contributed by atoms with Gasteiger partial charge in [-0.25, -0.2) is 4.98 Å². The summed E-state index contributed by atoms with van der Waals surface area (Å²) in [6.45, 7) is 5.90. The van der Waals surface area contributed by atoms with E-state index in [1.54, 1.807) is 0 Å². The molecule has 0 bridgehead atoms. The molecule has 0 aliphatic carbocycles. The molecule has 3 atom stereocenters. The van der Waals surface area contributed by atoms with Crippen LogP contribution in [0.4, 0.5) is 0 Å². The molecule has 4 nitrogen and oxygen atoms in total. The maximum Gasteiger partial charge on any atom is 0.0946 e. The van der Waals surface area contributed by atoms with E-state index in [9.17, 15) is 0 Å². The molecule has 2 fully saturated rings. The summed E-state index contributed by atoms with van der Waals surface area (Å²) in [6, 6.07) is 2.03. The molecule has 2 aliphatic rings. The topological polar surface area (TPSA) is 33.1 Å². The highest BCUT2D eigenvalue weighted by molar-refractivity contribution is 4.96. The Labute approximate surface area is 103 Å². The van der Waals surface area contributed by atoms with Crippen molar-refractivity contribution in [1.82, 2.24) is 19.8 Å². The average Bonchev–Trinajstić information content (AvgIpc) is 2.97. The van der Waals surface area contributed by atoms with Crippen LogP contribution >= 0.6 is 0 Å². The summed E-state index contributed by atoms with van der Waals surface area (Å²) in [6.07, 6.45) is 9.87. The van der Waals surface area contributed by atoms with E-state index in [1.807, 2.05) is 18.7 Å². The molecule has 3 unspecified atom stereocenters. The van der Waals surface area contributed by atoms with Gasteiger partial charge in [-0.15, -0.1) is 0 Å². The fraction of sp³-hybridized carbons (Fsp3) is 0.769. The van der Waals surface area contributed by atoms with Crippen molar-refractivity contribution in [2.45, 2.75) is 50.9 Å². The molecule has 3 heterocycles. The zero-order valence-corrected chi connectivity index (χ0v) is 10.5. The first-order valence-electron chi connectivity index (χ1n) is 6.79. The van der Waals surface area contributed by atoms with Crippen LogP contribution in [0.3, 0.4) is 0 Å². The van der Waals surface area contributed by atoms with Crippen molar-refractivity contribution >= 4 is 0 Å². The van der Waals surface area contributed by atoms with Gasteiger partial charge in [0, 0.05) is 43.6 Å². The fourth-order valence-electron chi connectivity index (χ4n) is 3.41. The van der Waals surface area contributed by atoms with Gasteiger partial charge in [-0.1, -0.05) is 0 Å². The minimum absolute atomic E-state index is 0.523. The lowest BCUT2D eigenvalue weighted by Gasteiger charge is -2.25. The molecule has 3 rings (SSSR count). The van der Waals surface area contributed by atoms with Gasteiger partial charge >= 0.3 is 0 Å². The van der Waals surface area contributed by atoms with Crippen molar-refractivity contribution in [3.8, 4) is 0 Å². The minimum Gasteiger partial charge on any atom is -0.336 e. The molecule has 0 saturated carbocycles. The van der Waals surface area contributed by atoms with Crippen LogP contribution in [0.25, 0.3) is 0 Å². The summed E-state index contributed by atoms with van der Waals surface area (Å²) in [7, 11) is 0. The maximum absolute atomic E-state index is 4.09. The predicted molar refractivity (Wildman–Crippen MR) is 67.8 cm³/mol. The number of hydrogen-bond acceptors (Lipinski definition) is 3. The third-order valence-corrected chi connectivity index (χ3v) is 4.15. The third-order valence-electron chi connectivity index (χ3n) is 4.15. The molecule has 2 aliphatic heterocycles. The highest BCUT2D eigenvalue weighted by atomic mass is 15.2. The molecule has 1 aromatic heterocycles. The predicted octanol–water partition coefficient (Wildman–Crippen LogP) is 1.10.